The summed E-state index contributed by atoms with van der Waals surface area (Å²) in [7, 11) is 0. The van der Waals surface area contributed by atoms with E-state index in [4.69, 9.17) is 0 Å². The van der Waals surface area contributed by atoms with Crippen molar-refractivity contribution >= 4 is 49.4 Å². The van der Waals surface area contributed by atoms with E-state index in [1.54, 1.807) is 0 Å². The van der Waals surface area contributed by atoms with Gasteiger partial charge in [-0.15, -0.1) is 0 Å². The number of nitrogens with zero attached hydrogens (tertiary/aromatic N) is 1. The molecular weight excluding hydrogens is 819 g/mol. The maximum Gasteiger partial charge on any atom is 0.0725 e. The van der Waals surface area contributed by atoms with E-state index in [2.05, 4.69) is 266 Å². The van der Waals surface area contributed by atoms with Crippen molar-refractivity contribution in [1.29, 1.82) is 0 Å². The lowest BCUT2D eigenvalue weighted by Crippen LogP contribution is -2.25. The molecule has 68 heavy (non-hydrogen) atoms. The van der Waals surface area contributed by atoms with E-state index in [1.807, 2.05) is 0 Å². The topological polar surface area (TPSA) is 3.24 Å². The second-order valence-corrected chi connectivity index (χ2v) is 18.3. The minimum Gasteiger partial charge on any atom is -0.310 e. The molecule has 0 fully saturated rings. The molecule has 0 aromatic heterocycles. The molecule has 12 aromatic carbocycles. The lowest BCUT2D eigenvalue weighted by Gasteiger charge is -2.30. The fraction of sp³-hybridized carbons (Fsp3) is 0.0149. The predicted octanol–water partition coefficient (Wildman–Crippen LogP) is 18.0. The molecule has 0 saturated heterocycles. The number of benzene rings is 12. The molecule has 1 spiro atoms. The molecule has 0 aliphatic heterocycles. The van der Waals surface area contributed by atoms with Gasteiger partial charge in [0.2, 0.25) is 0 Å². The lowest BCUT2D eigenvalue weighted by molar-refractivity contribution is 0.794. The Bertz CT molecular complexity index is 3840. The Labute approximate surface area is 396 Å². The highest BCUT2D eigenvalue weighted by molar-refractivity contribution is 6.25. The summed E-state index contributed by atoms with van der Waals surface area (Å²) in [5, 5.41) is 7.62. The van der Waals surface area contributed by atoms with Crippen LogP contribution in [0.15, 0.2) is 261 Å². The van der Waals surface area contributed by atoms with Gasteiger partial charge in [0.15, 0.2) is 0 Å². The van der Waals surface area contributed by atoms with Gasteiger partial charge in [0.25, 0.3) is 0 Å². The highest BCUT2D eigenvalue weighted by Gasteiger charge is 2.51. The predicted molar refractivity (Wildman–Crippen MR) is 286 cm³/mol. The Morgan fingerprint density at radius 1 is 0.206 bits per heavy atom. The van der Waals surface area contributed by atoms with Crippen LogP contribution in [0, 0.1) is 0 Å². The first kappa shape index (κ1) is 38.5. The van der Waals surface area contributed by atoms with Gasteiger partial charge in [-0.25, -0.2) is 0 Å². The van der Waals surface area contributed by atoms with Crippen LogP contribution in [0.4, 0.5) is 17.1 Å². The van der Waals surface area contributed by atoms with Crippen LogP contribution in [0.2, 0.25) is 0 Å². The molecule has 0 radical (unpaired) electrons. The maximum absolute atomic E-state index is 2.47. The second kappa shape index (κ2) is 15.1. The molecular formula is C67H43N. The normalized spacial score (nSPS) is 12.8. The van der Waals surface area contributed by atoms with Gasteiger partial charge in [-0.05, 0) is 153 Å². The van der Waals surface area contributed by atoms with E-state index in [0.29, 0.717) is 0 Å². The lowest BCUT2D eigenvalue weighted by atomic mass is 9.70. The average molecular weight is 862 g/mol. The summed E-state index contributed by atoms with van der Waals surface area (Å²) in [5.74, 6) is 0. The van der Waals surface area contributed by atoms with Crippen molar-refractivity contribution in [3.8, 4) is 55.6 Å². The van der Waals surface area contributed by atoms with Gasteiger partial charge >= 0.3 is 0 Å². The summed E-state index contributed by atoms with van der Waals surface area (Å²) in [4.78, 5) is 2.39. The average Bonchev–Trinajstić information content (AvgIpc) is 3.89. The number of rotatable bonds is 6. The fourth-order valence-corrected chi connectivity index (χ4v) is 11.8. The Morgan fingerprint density at radius 2 is 0.544 bits per heavy atom. The Balaban J connectivity index is 0.838. The van der Waals surface area contributed by atoms with E-state index in [-0.39, 0.29) is 5.41 Å². The summed E-state index contributed by atoms with van der Waals surface area (Å²) in [6.45, 7) is 0. The van der Waals surface area contributed by atoms with Crippen LogP contribution in [0.1, 0.15) is 22.3 Å². The zero-order chi connectivity index (χ0) is 44.8. The van der Waals surface area contributed by atoms with Gasteiger partial charge in [-0.1, -0.05) is 218 Å². The van der Waals surface area contributed by atoms with Crippen molar-refractivity contribution in [3.63, 3.8) is 0 Å². The zero-order valence-electron chi connectivity index (χ0n) is 37.3. The Hall–Kier alpha value is -8.78. The van der Waals surface area contributed by atoms with Crippen LogP contribution in [0.25, 0.3) is 88.0 Å². The second-order valence-electron chi connectivity index (χ2n) is 18.3. The molecule has 0 unspecified atom stereocenters. The third-order valence-corrected chi connectivity index (χ3v) is 14.9. The Morgan fingerprint density at radius 3 is 1.04 bits per heavy atom. The van der Waals surface area contributed by atoms with E-state index in [0.717, 1.165) is 17.1 Å². The van der Waals surface area contributed by atoms with Gasteiger partial charge in [0.05, 0.1) is 5.41 Å². The number of hydrogen-bond donors (Lipinski definition) is 0. The molecule has 0 atom stereocenters. The van der Waals surface area contributed by atoms with Gasteiger partial charge in [-0.2, -0.15) is 0 Å². The van der Waals surface area contributed by atoms with Crippen molar-refractivity contribution in [2.75, 3.05) is 4.90 Å². The summed E-state index contributed by atoms with van der Waals surface area (Å²) in [5.41, 5.74) is 20.9. The smallest absolute Gasteiger partial charge is 0.0725 e. The maximum atomic E-state index is 2.47. The summed E-state index contributed by atoms with van der Waals surface area (Å²) < 4.78 is 0. The molecule has 2 aliphatic carbocycles. The molecule has 0 N–H and O–H groups in total. The molecule has 0 bridgehead atoms. The van der Waals surface area contributed by atoms with E-state index in [1.165, 1.54) is 110 Å². The molecule has 2 aliphatic rings. The third-order valence-electron chi connectivity index (χ3n) is 14.9. The van der Waals surface area contributed by atoms with Crippen LogP contribution in [0.3, 0.4) is 0 Å². The SMILES string of the molecule is c1ccc(-c2ccc(N(c3ccc(-c4ccc(-c5ccc6c(c5)C5(c7ccccc7-c7ccccc75)c5ccccc5-6)cc4)cc3)c3ccc4c5ccccc5c5ccccc5c4c3)cc2)cc1. The highest BCUT2D eigenvalue weighted by atomic mass is 15.1. The molecule has 316 valence electrons. The van der Waals surface area contributed by atoms with Gasteiger partial charge < -0.3 is 4.90 Å². The van der Waals surface area contributed by atoms with Crippen LogP contribution in [0.5, 0.6) is 0 Å². The zero-order valence-corrected chi connectivity index (χ0v) is 37.3. The number of fused-ring (bicyclic) bond motifs is 16. The van der Waals surface area contributed by atoms with Crippen LogP contribution >= 0.6 is 0 Å². The van der Waals surface area contributed by atoms with Crippen molar-refractivity contribution in [2.24, 2.45) is 0 Å². The summed E-state index contributed by atoms with van der Waals surface area (Å²) in [6.07, 6.45) is 0. The summed E-state index contributed by atoms with van der Waals surface area (Å²) in [6, 6.07) is 96.6. The highest BCUT2D eigenvalue weighted by Crippen LogP contribution is 2.63. The molecule has 1 heteroatoms. The first-order chi connectivity index (χ1) is 33.7. The van der Waals surface area contributed by atoms with Crippen molar-refractivity contribution in [1.82, 2.24) is 0 Å². The third kappa shape index (κ3) is 5.69. The Kier molecular flexibility index (Phi) is 8.57. The summed E-state index contributed by atoms with van der Waals surface area (Å²) >= 11 is 0. The number of hydrogen-bond acceptors (Lipinski definition) is 1. The van der Waals surface area contributed by atoms with E-state index in [9.17, 15) is 0 Å². The largest absolute Gasteiger partial charge is 0.310 e. The molecule has 0 amide bonds. The quantitative estimate of drug-likeness (QED) is 0.151. The monoisotopic (exact) mass is 861 g/mol. The molecule has 1 nitrogen and oxygen atoms in total. The molecule has 0 heterocycles. The van der Waals surface area contributed by atoms with E-state index < -0.39 is 0 Å². The van der Waals surface area contributed by atoms with Crippen molar-refractivity contribution in [2.45, 2.75) is 5.41 Å². The van der Waals surface area contributed by atoms with Crippen LogP contribution < -0.4 is 4.90 Å². The van der Waals surface area contributed by atoms with E-state index >= 15 is 0 Å². The standard InChI is InChI=1S/C67H43N/c1-2-14-44(15-3-1)46-30-35-50(36-31-46)68(52-39-41-57-55-18-5-4-16-53(55)54-17-6-7-19-56(54)62(57)43-52)51-37-32-47(33-38-51)45-26-28-48(29-27-45)49-34-40-61-60-22-10-13-25-65(60)67(66(61)42-49)63-23-11-8-20-58(63)59-21-9-12-24-64(59)67/h1-43H. The van der Waals surface area contributed by atoms with Crippen molar-refractivity contribution < 1.29 is 0 Å². The van der Waals surface area contributed by atoms with Gasteiger partial charge in [0, 0.05) is 17.1 Å². The minimum atomic E-state index is -0.357. The first-order valence-corrected chi connectivity index (χ1v) is 23.7. The van der Waals surface area contributed by atoms with Gasteiger partial charge in [0.1, 0.15) is 0 Å². The van der Waals surface area contributed by atoms with Crippen LogP contribution in [-0.4, -0.2) is 0 Å². The van der Waals surface area contributed by atoms with Crippen molar-refractivity contribution in [3.05, 3.63) is 283 Å². The van der Waals surface area contributed by atoms with Gasteiger partial charge in [-0.3, -0.25) is 0 Å². The molecule has 14 rings (SSSR count). The minimum absolute atomic E-state index is 0.357. The molecule has 12 aromatic rings. The number of anilines is 3. The fourth-order valence-electron chi connectivity index (χ4n) is 11.8. The van der Waals surface area contributed by atoms with Crippen LogP contribution in [-0.2, 0) is 5.41 Å². The molecule has 0 saturated carbocycles. The first-order valence-electron chi connectivity index (χ1n) is 23.7.